The number of hydrogen-bond donors (Lipinski definition) is 2. The Balaban J connectivity index is 2.85. The van der Waals surface area contributed by atoms with Gasteiger partial charge in [-0.3, -0.25) is 14.3 Å². The molecule has 0 aliphatic rings. The van der Waals surface area contributed by atoms with Crippen LogP contribution in [0.3, 0.4) is 0 Å². The number of nitrogens with one attached hydrogen (secondary N) is 1. The number of fused-ring (bicyclic) bond motifs is 1. The molecular formula is C12H19N5O3. The molecule has 0 spiro atoms. The van der Waals surface area contributed by atoms with E-state index in [0.29, 0.717) is 17.1 Å². The largest absolute Gasteiger partial charge is 0.395 e. The van der Waals surface area contributed by atoms with Gasteiger partial charge in [-0.15, -0.1) is 0 Å². The first kappa shape index (κ1) is 14.3. The van der Waals surface area contributed by atoms with Gasteiger partial charge in [0.25, 0.3) is 5.56 Å². The lowest BCUT2D eigenvalue weighted by atomic mass is 10.5. The van der Waals surface area contributed by atoms with E-state index in [1.165, 1.54) is 4.57 Å². The molecule has 2 rings (SSSR count). The first-order chi connectivity index (χ1) is 9.54. The van der Waals surface area contributed by atoms with Gasteiger partial charge in [-0.2, -0.15) is 4.98 Å². The van der Waals surface area contributed by atoms with E-state index in [-0.39, 0.29) is 13.2 Å². The molecule has 0 atom stereocenters. The second kappa shape index (κ2) is 5.49. The van der Waals surface area contributed by atoms with Crippen LogP contribution >= 0.6 is 0 Å². The fourth-order valence-electron chi connectivity index (χ4n) is 2.28. The molecular weight excluding hydrogens is 262 g/mol. The number of aromatic nitrogens is 4. The number of aliphatic hydroxyl groups is 1. The van der Waals surface area contributed by atoms with Gasteiger partial charge in [0.2, 0.25) is 5.95 Å². The highest BCUT2D eigenvalue weighted by Crippen LogP contribution is 2.18. The Kier molecular flexibility index (Phi) is 3.93. The molecule has 20 heavy (non-hydrogen) atoms. The van der Waals surface area contributed by atoms with Crippen molar-refractivity contribution in [3.8, 4) is 0 Å². The van der Waals surface area contributed by atoms with Crippen molar-refractivity contribution in [2.24, 2.45) is 7.05 Å². The molecule has 0 bridgehead atoms. The number of aryl methyl sites for hydroxylation is 1. The van der Waals surface area contributed by atoms with Crippen LogP contribution in [0.1, 0.15) is 13.8 Å². The summed E-state index contributed by atoms with van der Waals surface area (Å²) in [4.78, 5) is 32.3. The van der Waals surface area contributed by atoms with Crippen molar-refractivity contribution < 1.29 is 5.11 Å². The van der Waals surface area contributed by atoms with Crippen LogP contribution in [-0.2, 0) is 13.6 Å². The van der Waals surface area contributed by atoms with Crippen LogP contribution in [0.2, 0.25) is 0 Å². The molecule has 0 saturated carbocycles. The van der Waals surface area contributed by atoms with Crippen LogP contribution in [0.25, 0.3) is 11.2 Å². The van der Waals surface area contributed by atoms with Crippen molar-refractivity contribution in [2.45, 2.75) is 20.4 Å². The number of nitrogens with zero attached hydrogens (tertiary/aromatic N) is 4. The average Bonchev–Trinajstić information content (AvgIpc) is 2.79. The smallest absolute Gasteiger partial charge is 0.329 e. The fourth-order valence-corrected chi connectivity index (χ4v) is 2.28. The molecule has 2 N–H and O–H groups in total. The molecule has 0 unspecified atom stereocenters. The molecule has 0 fully saturated rings. The Morgan fingerprint density at radius 1 is 1.30 bits per heavy atom. The maximum atomic E-state index is 12.0. The van der Waals surface area contributed by atoms with Crippen molar-refractivity contribution >= 4 is 17.1 Å². The van der Waals surface area contributed by atoms with Gasteiger partial charge in [0.1, 0.15) is 0 Å². The molecule has 8 nitrogen and oxygen atoms in total. The van der Waals surface area contributed by atoms with Gasteiger partial charge in [-0.25, -0.2) is 4.79 Å². The van der Waals surface area contributed by atoms with Crippen molar-refractivity contribution in [3.63, 3.8) is 0 Å². The van der Waals surface area contributed by atoms with Gasteiger partial charge >= 0.3 is 5.69 Å². The van der Waals surface area contributed by atoms with Crippen molar-refractivity contribution in [2.75, 3.05) is 24.6 Å². The predicted molar refractivity (Wildman–Crippen MR) is 76.2 cm³/mol. The lowest BCUT2D eigenvalue weighted by Gasteiger charge is -2.20. The molecule has 8 heteroatoms. The van der Waals surface area contributed by atoms with Crippen LogP contribution in [-0.4, -0.2) is 43.9 Å². The fraction of sp³-hybridized carbons (Fsp3) is 0.583. The number of anilines is 1. The molecule has 0 amide bonds. The summed E-state index contributed by atoms with van der Waals surface area (Å²) < 4.78 is 2.96. The molecule has 2 aromatic heterocycles. The number of imidazole rings is 1. The molecule has 2 heterocycles. The summed E-state index contributed by atoms with van der Waals surface area (Å²) in [5.74, 6) is 0.589. The molecule has 0 radical (unpaired) electrons. The van der Waals surface area contributed by atoms with E-state index in [4.69, 9.17) is 0 Å². The van der Waals surface area contributed by atoms with Crippen LogP contribution in [0.4, 0.5) is 5.95 Å². The second-order valence-corrected chi connectivity index (χ2v) is 4.45. The average molecular weight is 281 g/mol. The lowest BCUT2D eigenvalue weighted by molar-refractivity contribution is 0.278. The summed E-state index contributed by atoms with van der Waals surface area (Å²) >= 11 is 0. The Labute approximate surface area is 115 Å². The third-order valence-electron chi connectivity index (χ3n) is 3.36. The lowest BCUT2D eigenvalue weighted by Crippen LogP contribution is -2.30. The molecule has 110 valence electrons. The van der Waals surface area contributed by atoms with Gasteiger partial charge < -0.3 is 14.6 Å². The number of H-pyrrole nitrogens is 1. The maximum Gasteiger partial charge on any atom is 0.329 e. The zero-order valence-corrected chi connectivity index (χ0v) is 11.9. The summed E-state index contributed by atoms with van der Waals surface area (Å²) in [7, 11) is 1.56. The van der Waals surface area contributed by atoms with E-state index < -0.39 is 11.2 Å². The Bertz CT molecular complexity index is 723. The van der Waals surface area contributed by atoms with Crippen molar-refractivity contribution in [3.05, 3.63) is 20.8 Å². The summed E-state index contributed by atoms with van der Waals surface area (Å²) in [6.45, 7) is 5.55. The summed E-state index contributed by atoms with van der Waals surface area (Å²) in [6, 6.07) is 0. The van der Waals surface area contributed by atoms with Gasteiger partial charge in [0.15, 0.2) is 11.2 Å². The van der Waals surface area contributed by atoms with Gasteiger partial charge in [0, 0.05) is 26.7 Å². The first-order valence-corrected chi connectivity index (χ1v) is 6.60. The normalized spacial score (nSPS) is 11.2. The van der Waals surface area contributed by atoms with E-state index in [2.05, 4.69) is 9.97 Å². The first-order valence-electron chi connectivity index (χ1n) is 6.60. The van der Waals surface area contributed by atoms with E-state index in [1.54, 1.807) is 11.6 Å². The summed E-state index contributed by atoms with van der Waals surface area (Å²) in [5, 5.41) is 9.22. The monoisotopic (exact) mass is 281 g/mol. The van der Waals surface area contributed by atoms with Crippen molar-refractivity contribution in [1.82, 2.24) is 19.1 Å². The molecule has 0 saturated heterocycles. The van der Waals surface area contributed by atoms with Crippen LogP contribution in [0.15, 0.2) is 9.59 Å². The number of rotatable bonds is 5. The maximum absolute atomic E-state index is 12.0. The zero-order chi connectivity index (χ0) is 14.9. The van der Waals surface area contributed by atoms with Crippen molar-refractivity contribution in [1.29, 1.82) is 0 Å². The highest BCUT2D eigenvalue weighted by molar-refractivity contribution is 5.74. The van der Waals surface area contributed by atoms with Gasteiger partial charge in [-0.05, 0) is 13.8 Å². The Hall–Kier alpha value is -2.09. The van der Waals surface area contributed by atoms with Crippen LogP contribution in [0.5, 0.6) is 0 Å². The minimum absolute atomic E-state index is 0.109. The van der Waals surface area contributed by atoms with Gasteiger partial charge in [-0.1, -0.05) is 0 Å². The van der Waals surface area contributed by atoms with E-state index in [1.807, 2.05) is 18.7 Å². The van der Waals surface area contributed by atoms with E-state index >= 15 is 0 Å². The minimum atomic E-state index is -0.498. The van der Waals surface area contributed by atoms with Crippen LogP contribution in [0, 0.1) is 0 Å². The predicted octanol–water partition coefficient (Wildman–Crippen LogP) is -0.738. The third kappa shape index (κ3) is 2.11. The second-order valence-electron chi connectivity index (χ2n) is 4.45. The van der Waals surface area contributed by atoms with Crippen LogP contribution < -0.4 is 16.1 Å². The van der Waals surface area contributed by atoms with E-state index in [0.717, 1.165) is 13.1 Å². The Morgan fingerprint density at radius 2 is 1.95 bits per heavy atom. The highest BCUT2D eigenvalue weighted by atomic mass is 16.3. The SMILES string of the molecule is CCN(CC)c1nc2c(c(=O)[nH]c(=O)n2C)n1CCO. The number of aromatic amines is 1. The summed E-state index contributed by atoms with van der Waals surface area (Å²) in [5.41, 5.74) is -0.346. The molecule has 0 aliphatic heterocycles. The highest BCUT2D eigenvalue weighted by Gasteiger charge is 2.19. The number of aliphatic hydroxyl groups excluding tert-OH is 1. The molecule has 0 aromatic carbocycles. The number of hydrogen-bond acceptors (Lipinski definition) is 5. The quantitative estimate of drug-likeness (QED) is 0.752. The molecule has 2 aromatic rings. The zero-order valence-electron chi connectivity index (χ0n) is 11.9. The summed E-state index contributed by atoms with van der Waals surface area (Å²) in [6.07, 6.45) is 0. The van der Waals surface area contributed by atoms with Gasteiger partial charge in [0.05, 0.1) is 6.61 Å². The minimum Gasteiger partial charge on any atom is -0.395 e. The topological polar surface area (TPSA) is 96.2 Å². The third-order valence-corrected chi connectivity index (χ3v) is 3.36. The molecule has 0 aliphatic carbocycles. The Morgan fingerprint density at radius 3 is 2.50 bits per heavy atom. The standard InChI is InChI=1S/C12H19N5O3/c1-4-16(5-2)11-13-9-8(17(11)6-7-18)10(19)14-12(20)15(9)3/h18H,4-7H2,1-3H3,(H,14,19,20). The van der Waals surface area contributed by atoms with E-state index in [9.17, 15) is 14.7 Å².